The molecular weight excluding hydrogens is 394 g/mol. The molecule has 1 heterocycles. The Balaban J connectivity index is 1.60. The van der Waals surface area contributed by atoms with E-state index in [1.807, 2.05) is 60.7 Å². The van der Waals surface area contributed by atoms with Gasteiger partial charge in [-0.3, -0.25) is 10.7 Å². The summed E-state index contributed by atoms with van der Waals surface area (Å²) in [4.78, 5) is 16.6. The van der Waals surface area contributed by atoms with Crippen LogP contribution < -0.4 is 16.4 Å². The second-order valence-electron chi connectivity index (χ2n) is 6.78. The predicted octanol–water partition coefficient (Wildman–Crippen LogP) is 3.72. The number of urea groups is 1. The van der Waals surface area contributed by atoms with E-state index < -0.39 is 6.03 Å². The fourth-order valence-corrected chi connectivity index (χ4v) is 2.92. The maximum atomic E-state index is 12.4. The zero-order chi connectivity index (χ0) is 22.1. The molecule has 3 rings (SSSR count). The number of rotatable bonds is 8. The number of pyridine rings is 1. The van der Waals surface area contributed by atoms with Crippen molar-refractivity contribution in [1.82, 2.24) is 10.3 Å². The number of aromatic nitrogens is 1. The molecule has 8 nitrogen and oxygen atoms in total. The quantitative estimate of drug-likeness (QED) is 0.327. The van der Waals surface area contributed by atoms with Gasteiger partial charge in [-0.05, 0) is 11.1 Å². The lowest BCUT2D eigenvalue weighted by atomic mass is 10.1. The molecule has 3 aromatic rings. The van der Waals surface area contributed by atoms with E-state index in [0.717, 1.165) is 11.1 Å². The number of nitrogens with zero attached hydrogens (tertiary/aromatic N) is 1. The Morgan fingerprint density at radius 3 is 2.45 bits per heavy atom. The van der Waals surface area contributed by atoms with Crippen LogP contribution in [0.2, 0.25) is 0 Å². The molecule has 0 spiro atoms. The van der Waals surface area contributed by atoms with Gasteiger partial charge < -0.3 is 20.5 Å². The van der Waals surface area contributed by atoms with E-state index in [4.69, 9.17) is 20.6 Å². The van der Waals surface area contributed by atoms with Gasteiger partial charge in [0.15, 0.2) is 0 Å². The van der Waals surface area contributed by atoms with E-state index >= 15 is 0 Å². The number of amides is 2. The number of anilines is 2. The van der Waals surface area contributed by atoms with Crippen molar-refractivity contribution >= 4 is 23.4 Å². The number of ether oxygens (including phenoxy) is 2. The van der Waals surface area contributed by atoms with Crippen molar-refractivity contribution in [2.24, 2.45) is 0 Å². The van der Waals surface area contributed by atoms with Crippen LogP contribution in [0.1, 0.15) is 22.7 Å². The van der Waals surface area contributed by atoms with Crippen molar-refractivity contribution in [3.05, 3.63) is 89.6 Å². The molecule has 5 N–H and O–H groups in total. The minimum atomic E-state index is -0.444. The van der Waals surface area contributed by atoms with Gasteiger partial charge in [0.1, 0.15) is 12.4 Å². The smallest absolute Gasteiger partial charge is 0.320 e. The lowest BCUT2D eigenvalue weighted by Crippen LogP contribution is -2.35. The highest BCUT2D eigenvalue weighted by atomic mass is 16.5. The first-order chi connectivity index (χ1) is 15.1. The van der Waals surface area contributed by atoms with Gasteiger partial charge in [-0.1, -0.05) is 60.7 Å². The Labute approximate surface area is 180 Å². The van der Waals surface area contributed by atoms with Crippen LogP contribution in [0.15, 0.2) is 72.9 Å². The van der Waals surface area contributed by atoms with Crippen molar-refractivity contribution in [2.45, 2.75) is 12.6 Å². The first-order valence-corrected chi connectivity index (χ1v) is 9.69. The van der Waals surface area contributed by atoms with Gasteiger partial charge >= 0.3 is 6.03 Å². The third kappa shape index (κ3) is 6.28. The predicted molar refractivity (Wildman–Crippen MR) is 120 cm³/mol. The Bertz CT molecular complexity index is 1010. The molecule has 1 atom stereocenters. The lowest BCUT2D eigenvalue weighted by molar-refractivity contribution is 0.168. The van der Waals surface area contributed by atoms with Crippen LogP contribution in [0.4, 0.5) is 16.3 Å². The number of carbonyl (C=O) groups is 1. The largest absolute Gasteiger partial charge is 0.473 e. The Morgan fingerprint density at radius 2 is 1.81 bits per heavy atom. The molecule has 1 aromatic heterocycles. The molecule has 0 unspecified atom stereocenters. The Morgan fingerprint density at radius 1 is 1.13 bits per heavy atom. The van der Waals surface area contributed by atoms with Gasteiger partial charge in [-0.15, -0.1) is 0 Å². The Hall–Kier alpha value is -3.91. The third-order valence-electron chi connectivity index (χ3n) is 4.49. The van der Waals surface area contributed by atoms with Crippen molar-refractivity contribution in [1.29, 1.82) is 5.41 Å². The van der Waals surface area contributed by atoms with Gasteiger partial charge in [-0.25, -0.2) is 9.78 Å². The monoisotopic (exact) mass is 419 g/mol. The molecule has 31 heavy (non-hydrogen) atoms. The number of nitrogens with one attached hydrogen (secondary N) is 3. The average Bonchev–Trinajstić information content (AvgIpc) is 2.78. The summed E-state index contributed by atoms with van der Waals surface area (Å²) < 4.78 is 10.7. The number of nitrogens with two attached hydrogens (primary N) is 1. The summed E-state index contributed by atoms with van der Waals surface area (Å²) >= 11 is 0. The Kier molecular flexibility index (Phi) is 7.56. The lowest BCUT2D eigenvalue weighted by Gasteiger charge is -2.19. The molecule has 0 radical (unpaired) electrons. The molecule has 0 bridgehead atoms. The maximum Gasteiger partial charge on any atom is 0.320 e. The topological polar surface area (TPSA) is 122 Å². The van der Waals surface area contributed by atoms with Crippen LogP contribution in [-0.2, 0) is 16.1 Å². The number of carbonyl (C=O) groups excluding carboxylic acids is 1. The number of nitrogen functional groups attached to an aromatic ring is 1. The average molecular weight is 419 g/mol. The van der Waals surface area contributed by atoms with E-state index in [2.05, 4.69) is 15.6 Å². The highest BCUT2D eigenvalue weighted by Gasteiger charge is 2.16. The van der Waals surface area contributed by atoms with Gasteiger partial charge in [0.25, 0.3) is 0 Å². The first kappa shape index (κ1) is 21.8. The van der Waals surface area contributed by atoms with Crippen LogP contribution in [0.5, 0.6) is 0 Å². The fraction of sp³-hybridized carbons (Fsp3) is 0.174. The first-order valence-electron chi connectivity index (χ1n) is 9.69. The van der Waals surface area contributed by atoms with Crippen LogP contribution in [0, 0.1) is 5.41 Å². The summed E-state index contributed by atoms with van der Waals surface area (Å²) in [5.74, 6) is 0.174. The summed E-state index contributed by atoms with van der Waals surface area (Å²) in [6.45, 7) is 0.573. The molecule has 0 aliphatic heterocycles. The van der Waals surface area contributed by atoms with Gasteiger partial charge in [0.05, 0.1) is 18.2 Å². The minimum Gasteiger partial charge on any atom is -0.473 e. The number of hydrogen-bond donors (Lipinski definition) is 4. The van der Waals surface area contributed by atoms with E-state index in [0.29, 0.717) is 12.2 Å². The molecule has 8 heteroatoms. The third-order valence-corrected chi connectivity index (χ3v) is 4.49. The second-order valence-corrected chi connectivity index (χ2v) is 6.78. The number of methoxy groups -OCH3 is 1. The summed E-state index contributed by atoms with van der Waals surface area (Å²) in [5.41, 5.74) is 8.55. The van der Waals surface area contributed by atoms with Gasteiger partial charge in [0, 0.05) is 25.1 Å². The molecule has 0 saturated carbocycles. The van der Waals surface area contributed by atoms with Crippen molar-refractivity contribution < 1.29 is 14.3 Å². The van der Waals surface area contributed by atoms with Gasteiger partial charge in [0.2, 0.25) is 5.90 Å². The fourth-order valence-electron chi connectivity index (χ4n) is 2.92. The number of hydrogen-bond acceptors (Lipinski definition) is 6. The molecule has 160 valence electrons. The molecule has 0 aliphatic carbocycles. The van der Waals surface area contributed by atoms with E-state index in [1.165, 1.54) is 12.3 Å². The summed E-state index contributed by atoms with van der Waals surface area (Å²) in [6.07, 6.45) is 1.40. The summed E-state index contributed by atoms with van der Waals surface area (Å²) in [7, 11) is 1.57. The van der Waals surface area contributed by atoms with Crippen LogP contribution in [0.25, 0.3) is 0 Å². The van der Waals surface area contributed by atoms with Crippen LogP contribution in [-0.4, -0.2) is 30.6 Å². The molecular formula is C23H25N5O3. The van der Waals surface area contributed by atoms with Crippen molar-refractivity contribution in [3.63, 3.8) is 0 Å². The summed E-state index contributed by atoms with van der Waals surface area (Å²) in [5, 5.41) is 13.6. The molecule has 2 amide bonds. The normalized spacial score (nSPS) is 11.4. The van der Waals surface area contributed by atoms with Crippen molar-refractivity contribution in [2.75, 3.05) is 24.8 Å². The molecule has 2 aromatic carbocycles. The molecule has 0 aliphatic rings. The van der Waals surface area contributed by atoms with Gasteiger partial charge in [-0.2, -0.15) is 0 Å². The van der Waals surface area contributed by atoms with E-state index in [1.54, 1.807) is 7.11 Å². The van der Waals surface area contributed by atoms with Crippen LogP contribution >= 0.6 is 0 Å². The zero-order valence-electron chi connectivity index (χ0n) is 17.2. The summed E-state index contributed by atoms with van der Waals surface area (Å²) in [6, 6.07) is 19.8. The highest BCUT2D eigenvalue weighted by molar-refractivity contribution is 5.97. The zero-order valence-corrected chi connectivity index (χ0v) is 17.2. The van der Waals surface area contributed by atoms with Crippen LogP contribution in [0.3, 0.4) is 0 Å². The van der Waals surface area contributed by atoms with Crippen molar-refractivity contribution in [3.8, 4) is 0 Å². The van der Waals surface area contributed by atoms with E-state index in [9.17, 15) is 4.79 Å². The molecule has 0 fully saturated rings. The number of benzene rings is 2. The van der Waals surface area contributed by atoms with E-state index in [-0.39, 0.29) is 30.1 Å². The highest BCUT2D eigenvalue weighted by Crippen LogP contribution is 2.18. The maximum absolute atomic E-state index is 12.4. The SMILES string of the molecule is COC[C@@H](NC(=O)Nc1cc(N)c(C(=N)OCc2ccccc2)cn1)c1ccccc1. The molecule has 0 saturated heterocycles. The standard InChI is InChI=1S/C23H25N5O3/c1-30-15-20(17-10-6-3-7-11-17)27-23(29)28-21-12-19(24)18(13-26-21)22(25)31-14-16-8-4-2-5-9-16/h2-13,20,25H,14-15H2,1H3,(H4,24,26,27,28,29)/t20-/m1/s1. The minimum absolute atomic E-state index is 0.0888. The second kappa shape index (κ2) is 10.7.